The van der Waals surface area contributed by atoms with Crippen LogP contribution in [0.1, 0.15) is 77.2 Å². The number of benzene rings is 1. The summed E-state index contributed by atoms with van der Waals surface area (Å²) in [7, 11) is 0. The van der Waals surface area contributed by atoms with E-state index in [1.54, 1.807) is 0 Å². The topological polar surface area (TPSA) is 71.8 Å². The molecular weight excluding hydrogens is 514 g/mol. The second-order valence-corrected chi connectivity index (χ2v) is 11.7. The van der Waals surface area contributed by atoms with Crippen LogP contribution in [0.5, 0.6) is 0 Å². The number of nitrogens with one attached hydrogen (secondary N) is 2. The van der Waals surface area contributed by atoms with Crippen molar-refractivity contribution in [2.24, 2.45) is 5.92 Å². The number of halogens is 1. The van der Waals surface area contributed by atoms with Gasteiger partial charge in [0.15, 0.2) is 11.6 Å². The largest absolute Gasteiger partial charge is 1.00 e. The van der Waals surface area contributed by atoms with E-state index in [0.29, 0.717) is 6.04 Å². The van der Waals surface area contributed by atoms with Gasteiger partial charge in [-0.1, -0.05) is 55.5 Å². The zero-order valence-corrected chi connectivity index (χ0v) is 23.9. The minimum atomic E-state index is -0.776. The highest BCUT2D eigenvalue weighted by Gasteiger charge is 2.64. The highest BCUT2D eigenvalue weighted by molar-refractivity contribution is 5.82. The number of nitrogens with zero attached hydrogens (tertiary/aromatic N) is 1. The quantitative estimate of drug-likeness (QED) is 0.326. The van der Waals surface area contributed by atoms with Gasteiger partial charge in [0.2, 0.25) is 5.72 Å². The number of allylic oxidation sites excluding steroid dienone is 1. The molecule has 2 saturated heterocycles. The summed E-state index contributed by atoms with van der Waals surface area (Å²) in [5.41, 5.74) is -0.0853. The Labute approximate surface area is 238 Å². The van der Waals surface area contributed by atoms with Gasteiger partial charge in [-0.2, -0.15) is 0 Å². The van der Waals surface area contributed by atoms with E-state index in [0.717, 1.165) is 69.3 Å². The fourth-order valence-corrected chi connectivity index (χ4v) is 7.36. The lowest BCUT2D eigenvalue weighted by atomic mass is 9.80. The van der Waals surface area contributed by atoms with Gasteiger partial charge in [0, 0.05) is 19.3 Å². The van der Waals surface area contributed by atoms with Crippen LogP contribution in [-0.2, 0) is 19.0 Å². The number of hydrogen-bond donors (Lipinski definition) is 2. The molecule has 7 nitrogen and oxygen atoms in total. The van der Waals surface area contributed by atoms with Crippen LogP contribution in [0.2, 0.25) is 0 Å². The van der Waals surface area contributed by atoms with Crippen molar-refractivity contribution in [3.05, 3.63) is 54.1 Å². The molecule has 5 aliphatic rings. The van der Waals surface area contributed by atoms with E-state index in [9.17, 15) is 4.79 Å². The summed E-state index contributed by atoms with van der Waals surface area (Å²) in [6.07, 6.45) is 17.2. The Morgan fingerprint density at radius 3 is 2.79 bits per heavy atom. The standard InChI is InChI=1S/C31H41N3O4.ClH/c1-3-25-15-7-8-18-30(38-25)21-24-16-17-26-27(28(35)36-20-10-14-23-12-5-4-6-13-23)31(19-9-11-22(2)37-31)33-29(32-30)34(24)26;/h4-7,10,12-15,22,24-27H,3,8-9,11,16-21H2,1-2H3,(H,32,33);1H/b14-10+;/t22-,24+,25+,26-,27-,30+,31-;/m1./s1. The molecule has 5 heterocycles. The smallest absolute Gasteiger partial charge is 0.350 e. The van der Waals surface area contributed by atoms with Crippen molar-refractivity contribution < 1.29 is 36.0 Å². The van der Waals surface area contributed by atoms with E-state index in [2.05, 4.69) is 41.2 Å². The zero-order chi connectivity index (χ0) is 26.2. The summed E-state index contributed by atoms with van der Waals surface area (Å²) in [5, 5.41) is 7.58. The van der Waals surface area contributed by atoms with Gasteiger partial charge in [-0.05, 0) is 57.1 Å². The summed E-state index contributed by atoms with van der Waals surface area (Å²) in [4.78, 5) is 13.8. The first-order valence-electron chi connectivity index (χ1n) is 14.6. The minimum absolute atomic E-state index is 0. The van der Waals surface area contributed by atoms with Crippen molar-refractivity contribution in [1.29, 1.82) is 0 Å². The maximum absolute atomic E-state index is 13.8. The highest BCUT2D eigenvalue weighted by atomic mass is 35.5. The highest BCUT2D eigenvalue weighted by Crippen LogP contribution is 2.45. The second-order valence-electron chi connectivity index (χ2n) is 11.7. The Morgan fingerprint density at radius 2 is 2.00 bits per heavy atom. The molecule has 2 spiro atoms. The molecule has 39 heavy (non-hydrogen) atoms. The van der Waals surface area contributed by atoms with Crippen LogP contribution in [0, 0.1) is 5.92 Å². The summed E-state index contributed by atoms with van der Waals surface area (Å²) in [6.45, 7) is 4.55. The molecule has 5 aliphatic heterocycles. The number of rotatable bonds is 5. The molecule has 0 unspecified atom stereocenters. The third kappa shape index (κ3) is 5.50. The van der Waals surface area contributed by atoms with Crippen molar-refractivity contribution in [2.45, 2.75) is 107 Å². The van der Waals surface area contributed by atoms with Crippen LogP contribution in [-0.4, -0.2) is 58.9 Å². The van der Waals surface area contributed by atoms with E-state index in [4.69, 9.17) is 14.2 Å². The molecule has 0 aliphatic carbocycles. The number of hydrogen-bond acceptors (Lipinski definition) is 6. The Kier molecular flexibility index (Phi) is 8.41. The van der Waals surface area contributed by atoms with Gasteiger partial charge in [-0.3, -0.25) is 9.37 Å². The molecule has 2 N–H and O–H groups in total. The zero-order valence-electron chi connectivity index (χ0n) is 23.1. The van der Waals surface area contributed by atoms with E-state index in [1.165, 1.54) is 0 Å². The monoisotopic (exact) mass is 555 g/mol. The number of carbonyl (C=O) groups is 1. The lowest BCUT2D eigenvalue weighted by Gasteiger charge is -2.50. The van der Waals surface area contributed by atoms with Gasteiger partial charge in [0.1, 0.15) is 6.61 Å². The SMILES string of the molecule is CC[C@H]1C=CCC[C@@]2(C[C@@H]3CC[C@@H]4[C@H](C(=O)OC/C=C/c5ccccc5)[C@]5(CCC[C@@H](C)O5)NC(=[N+]34)N2)O1.[Cl-]. The average molecular weight is 556 g/mol. The second kappa shape index (κ2) is 11.6. The molecule has 0 amide bonds. The number of esters is 1. The van der Waals surface area contributed by atoms with Gasteiger partial charge in [-0.25, -0.2) is 10.6 Å². The van der Waals surface area contributed by atoms with Gasteiger partial charge in [-0.15, -0.1) is 0 Å². The van der Waals surface area contributed by atoms with Gasteiger partial charge in [0.05, 0.1) is 24.3 Å². The van der Waals surface area contributed by atoms with Crippen molar-refractivity contribution in [3.63, 3.8) is 0 Å². The molecule has 0 bridgehead atoms. The molecule has 0 radical (unpaired) electrons. The number of guanidine groups is 1. The molecule has 0 aromatic heterocycles. The molecule has 212 valence electrons. The van der Waals surface area contributed by atoms with Crippen molar-refractivity contribution >= 4 is 18.0 Å². The van der Waals surface area contributed by atoms with E-state index in [-0.39, 0.29) is 49.2 Å². The van der Waals surface area contributed by atoms with Crippen LogP contribution in [0.25, 0.3) is 6.08 Å². The molecule has 1 aromatic rings. The van der Waals surface area contributed by atoms with Crippen molar-refractivity contribution in [2.75, 3.05) is 6.61 Å². The fourth-order valence-electron chi connectivity index (χ4n) is 7.36. The van der Waals surface area contributed by atoms with Gasteiger partial charge in [0.25, 0.3) is 0 Å². The van der Waals surface area contributed by atoms with E-state index < -0.39 is 11.4 Å². The molecular formula is C31H42ClN3O4. The fraction of sp³-hybridized carbons (Fsp3) is 0.613. The first-order valence-corrected chi connectivity index (χ1v) is 14.6. The molecule has 8 heteroatoms. The molecule has 2 fully saturated rings. The molecule has 0 saturated carbocycles. The number of ether oxygens (including phenoxy) is 3. The van der Waals surface area contributed by atoms with Gasteiger partial charge < -0.3 is 26.6 Å². The third-order valence-corrected chi connectivity index (χ3v) is 9.03. The number of carbonyl (C=O) groups excluding carboxylic acids is 1. The van der Waals surface area contributed by atoms with E-state index >= 15 is 0 Å². The summed E-state index contributed by atoms with van der Waals surface area (Å²) in [5.74, 6) is 0.415. The predicted octanol–water partition coefficient (Wildman–Crippen LogP) is 1.49. The summed E-state index contributed by atoms with van der Waals surface area (Å²) < 4.78 is 21.8. The molecule has 6 rings (SSSR count). The summed E-state index contributed by atoms with van der Waals surface area (Å²) in [6, 6.07) is 10.5. The Bertz CT molecular complexity index is 1120. The lowest BCUT2D eigenvalue weighted by Crippen LogP contribution is -3.00. The van der Waals surface area contributed by atoms with E-state index in [1.807, 2.05) is 42.5 Å². The Balaban J connectivity index is 0.00000308. The van der Waals surface area contributed by atoms with Crippen LogP contribution >= 0.6 is 0 Å². The third-order valence-electron chi connectivity index (χ3n) is 9.03. The molecule has 7 atom stereocenters. The Morgan fingerprint density at radius 1 is 1.15 bits per heavy atom. The van der Waals surface area contributed by atoms with Crippen LogP contribution in [0.4, 0.5) is 0 Å². The van der Waals surface area contributed by atoms with Crippen molar-refractivity contribution in [1.82, 2.24) is 10.6 Å². The van der Waals surface area contributed by atoms with Crippen molar-refractivity contribution in [3.8, 4) is 0 Å². The first-order chi connectivity index (χ1) is 18.5. The van der Waals surface area contributed by atoms with Crippen LogP contribution < -0.4 is 23.0 Å². The van der Waals surface area contributed by atoms with Crippen LogP contribution in [0.15, 0.2) is 48.6 Å². The lowest BCUT2D eigenvalue weighted by molar-refractivity contribution is -0.609. The summed E-state index contributed by atoms with van der Waals surface area (Å²) >= 11 is 0. The Hall–Kier alpha value is -2.35. The predicted molar refractivity (Wildman–Crippen MR) is 146 cm³/mol. The maximum atomic E-state index is 13.8. The van der Waals surface area contributed by atoms with Gasteiger partial charge >= 0.3 is 11.9 Å². The minimum Gasteiger partial charge on any atom is -1.00 e. The molecule has 1 aromatic carbocycles. The van der Waals surface area contributed by atoms with Crippen LogP contribution in [0.3, 0.4) is 0 Å². The maximum Gasteiger partial charge on any atom is 0.350 e. The normalized spacial score (nSPS) is 37.1. The first kappa shape index (κ1) is 28.2. The average Bonchev–Trinajstić information content (AvgIpc) is 3.21.